The molecule has 3 amide bonds. The average molecular weight is 386 g/mol. The summed E-state index contributed by atoms with van der Waals surface area (Å²) in [6.07, 6.45) is 2.31. The van der Waals surface area contributed by atoms with Gasteiger partial charge in [-0.2, -0.15) is 0 Å². The molecule has 0 saturated heterocycles. The van der Waals surface area contributed by atoms with Crippen molar-refractivity contribution in [3.8, 4) is 0 Å². The van der Waals surface area contributed by atoms with Crippen LogP contribution in [0.2, 0.25) is 0 Å². The molecule has 0 saturated carbocycles. The summed E-state index contributed by atoms with van der Waals surface area (Å²) >= 11 is 17.1. The number of methoxy groups -OCH3 is 1. The first kappa shape index (κ1) is 20.1. The van der Waals surface area contributed by atoms with Crippen LogP contribution in [0.15, 0.2) is 11.8 Å². The topological polar surface area (TPSA) is 75.7 Å². The van der Waals surface area contributed by atoms with E-state index in [4.69, 9.17) is 39.5 Å². The molecule has 1 aliphatic heterocycles. The minimum absolute atomic E-state index is 0.0298. The number of carbonyl (C=O) groups excluding carboxylic acids is 3. The highest BCUT2D eigenvalue weighted by Crippen LogP contribution is 2.32. The molecule has 0 fully saturated rings. The van der Waals surface area contributed by atoms with Gasteiger partial charge in [-0.1, -0.05) is 41.7 Å². The SMILES string of the molecule is CCCC(=O)NC(CCC(Cl)(Cl)Cl)C(=O)N1CC(OC)=CC1=O. The Balaban J connectivity index is 2.79. The van der Waals surface area contributed by atoms with Gasteiger partial charge in [-0.3, -0.25) is 19.3 Å². The van der Waals surface area contributed by atoms with Gasteiger partial charge in [0.05, 0.1) is 13.7 Å². The normalized spacial score (nSPS) is 16.1. The zero-order valence-electron chi connectivity index (χ0n) is 12.9. The summed E-state index contributed by atoms with van der Waals surface area (Å²) in [5.74, 6) is -0.947. The number of nitrogens with zero attached hydrogens (tertiary/aromatic N) is 1. The Hall–Kier alpha value is -0.980. The third kappa shape index (κ3) is 6.57. The molecule has 1 N–H and O–H groups in total. The van der Waals surface area contributed by atoms with Crippen LogP contribution in [0.5, 0.6) is 0 Å². The molecule has 23 heavy (non-hydrogen) atoms. The zero-order valence-corrected chi connectivity index (χ0v) is 15.2. The molecular formula is C14H19Cl3N2O4. The lowest BCUT2D eigenvalue weighted by molar-refractivity contribution is -0.143. The quantitative estimate of drug-likeness (QED) is 0.682. The first-order chi connectivity index (χ1) is 10.7. The van der Waals surface area contributed by atoms with Gasteiger partial charge in [-0.05, 0) is 19.3 Å². The van der Waals surface area contributed by atoms with E-state index in [0.717, 1.165) is 4.90 Å². The van der Waals surface area contributed by atoms with Gasteiger partial charge < -0.3 is 10.1 Å². The van der Waals surface area contributed by atoms with Crippen LogP contribution in [-0.4, -0.2) is 46.1 Å². The molecule has 130 valence electrons. The summed E-state index contributed by atoms with van der Waals surface area (Å²) < 4.78 is 3.43. The third-order valence-electron chi connectivity index (χ3n) is 3.22. The van der Waals surface area contributed by atoms with Crippen LogP contribution in [0.1, 0.15) is 32.6 Å². The Morgan fingerprint density at radius 2 is 2.09 bits per heavy atom. The van der Waals surface area contributed by atoms with E-state index >= 15 is 0 Å². The van der Waals surface area contributed by atoms with Gasteiger partial charge in [0, 0.05) is 12.5 Å². The van der Waals surface area contributed by atoms with Crippen LogP contribution in [0.3, 0.4) is 0 Å². The Morgan fingerprint density at radius 3 is 2.57 bits per heavy atom. The molecule has 1 unspecified atom stereocenters. The zero-order chi connectivity index (χ0) is 17.6. The van der Waals surface area contributed by atoms with E-state index in [0.29, 0.717) is 12.2 Å². The van der Waals surface area contributed by atoms with E-state index in [9.17, 15) is 14.4 Å². The maximum atomic E-state index is 12.5. The highest BCUT2D eigenvalue weighted by Gasteiger charge is 2.35. The molecular weight excluding hydrogens is 367 g/mol. The monoisotopic (exact) mass is 384 g/mol. The van der Waals surface area contributed by atoms with Crippen molar-refractivity contribution >= 4 is 52.5 Å². The lowest BCUT2D eigenvalue weighted by atomic mass is 10.1. The predicted octanol–water partition coefficient (Wildman–Crippen LogP) is 2.32. The fourth-order valence-corrected chi connectivity index (χ4v) is 2.38. The third-order valence-corrected chi connectivity index (χ3v) is 3.79. The number of halogens is 3. The molecule has 6 nitrogen and oxygen atoms in total. The van der Waals surface area contributed by atoms with Gasteiger partial charge in [0.25, 0.3) is 11.8 Å². The van der Waals surface area contributed by atoms with Crippen molar-refractivity contribution in [2.24, 2.45) is 0 Å². The molecule has 0 bridgehead atoms. The summed E-state index contributed by atoms with van der Waals surface area (Å²) in [4.78, 5) is 37.2. The maximum Gasteiger partial charge on any atom is 0.257 e. The first-order valence-electron chi connectivity index (χ1n) is 7.14. The largest absolute Gasteiger partial charge is 0.499 e. The van der Waals surface area contributed by atoms with Crippen LogP contribution >= 0.6 is 34.8 Å². The number of amides is 3. The molecule has 0 aromatic carbocycles. The second-order valence-corrected chi connectivity index (χ2v) is 7.62. The lowest BCUT2D eigenvalue weighted by Gasteiger charge is -2.24. The molecule has 1 aliphatic rings. The summed E-state index contributed by atoms with van der Waals surface area (Å²) in [5.41, 5.74) is 0. The van der Waals surface area contributed by atoms with Gasteiger partial charge in [-0.25, -0.2) is 0 Å². The molecule has 0 aliphatic carbocycles. The highest BCUT2D eigenvalue weighted by molar-refractivity contribution is 6.67. The smallest absolute Gasteiger partial charge is 0.257 e. The highest BCUT2D eigenvalue weighted by atomic mass is 35.6. The van der Waals surface area contributed by atoms with Gasteiger partial charge in [0.15, 0.2) is 3.79 Å². The fourth-order valence-electron chi connectivity index (χ4n) is 2.05. The summed E-state index contributed by atoms with van der Waals surface area (Å²) in [7, 11) is 1.41. The van der Waals surface area contributed by atoms with Gasteiger partial charge >= 0.3 is 0 Å². The molecule has 1 rings (SSSR count). The molecule has 1 atom stereocenters. The maximum absolute atomic E-state index is 12.5. The fraction of sp³-hybridized carbons (Fsp3) is 0.643. The molecule has 0 aromatic rings. The van der Waals surface area contributed by atoms with Crippen molar-refractivity contribution < 1.29 is 19.1 Å². The van der Waals surface area contributed by atoms with E-state index < -0.39 is 21.6 Å². The number of hydrogen-bond donors (Lipinski definition) is 1. The number of hydrogen-bond acceptors (Lipinski definition) is 4. The van der Waals surface area contributed by atoms with Crippen LogP contribution in [0.25, 0.3) is 0 Å². The van der Waals surface area contributed by atoms with Crippen molar-refractivity contribution in [3.63, 3.8) is 0 Å². The van der Waals surface area contributed by atoms with Crippen molar-refractivity contribution in [2.45, 2.75) is 42.4 Å². The number of nitrogens with one attached hydrogen (secondary N) is 1. The number of rotatable bonds is 7. The number of imide groups is 1. The average Bonchev–Trinajstić information content (AvgIpc) is 2.83. The minimum atomic E-state index is -1.54. The van der Waals surface area contributed by atoms with E-state index in [1.807, 2.05) is 6.92 Å². The van der Waals surface area contributed by atoms with Crippen molar-refractivity contribution in [3.05, 3.63) is 11.8 Å². The summed E-state index contributed by atoms with van der Waals surface area (Å²) in [6.45, 7) is 1.87. The number of alkyl halides is 3. The Bertz CT molecular complexity index is 503. The van der Waals surface area contributed by atoms with E-state index in [2.05, 4.69) is 5.32 Å². The summed E-state index contributed by atoms with van der Waals surface area (Å²) in [6, 6.07) is -0.932. The number of ether oxygens (including phenoxy) is 1. The Morgan fingerprint density at radius 1 is 1.43 bits per heavy atom. The van der Waals surface area contributed by atoms with Crippen LogP contribution in [-0.2, 0) is 19.1 Å². The van der Waals surface area contributed by atoms with Gasteiger partial charge in [0.2, 0.25) is 5.91 Å². The standard InChI is InChI=1S/C14H19Cl3N2O4/c1-3-4-11(20)18-10(5-6-14(15,16)17)13(22)19-8-9(23-2)7-12(19)21/h7,10H,3-6,8H2,1-2H3,(H,18,20). The first-order valence-corrected chi connectivity index (χ1v) is 8.27. The second kappa shape index (κ2) is 8.76. The van der Waals surface area contributed by atoms with E-state index in [1.165, 1.54) is 13.2 Å². The Kier molecular flexibility index (Phi) is 7.64. The van der Waals surface area contributed by atoms with E-state index in [1.54, 1.807) is 0 Å². The van der Waals surface area contributed by atoms with Crippen molar-refractivity contribution in [1.29, 1.82) is 0 Å². The van der Waals surface area contributed by atoms with Gasteiger partial charge in [0.1, 0.15) is 11.8 Å². The van der Waals surface area contributed by atoms with Crippen molar-refractivity contribution in [1.82, 2.24) is 10.2 Å². The van der Waals surface area contributed by atoms with Crippen LogP contribution in [0.4, 0.5) is 0 Å². The van der Waals surface area contributed by atoms with Crippen molar-refractivity contribution in [2.75, 3.05) is 13.7 Å². The molecule has 1 heterocycles. The molecule has 0 aromatic heterocycles. The van der Waals surface area contributed by atoms with E-state index in [-0.39, 0.29) is 31.7 Å². The molecule has 0 spiro atoms. The van der Waals surface area contributed by atoms with Crippen LogP contribution < -0.4 is 5.32 Å². The second-order valence-electron chi connectivity index (χ2n) is 5.10. The Labute approximate surface area is 150 Å². The van der Waals surface area contributed by atoms with Crippen LogP contribution in [0, 0.1) is 0 Å². The number of carbonyl (C=O) groups is 3. The predicted molar refractivity (Wildman–Crippen MR) is 88.2 cm³/mol. The molecule has 0 radical (unpaired) electrons. The molecule has 9 heteroatoms. The van der Waals surface area contributed by atoms with Gasteiger partial charge in [-0.15, -0.1) is 0 Å². The summed E-state index contributed by atoms with van der Waals surface area (Å²) in [5, 5.41) is 2.60. The minimum Gasteiger partial charge on any atom is -0.499 e. The lowest BCUT2D eigenvalue weighted by Crippen LogP contribution is -2.49.